The molecular weight excluding hydrogens is 198 g/mol. The highest BCUT2D eigenvalue weighted by molar-refractivity contribution is 5.19. The van der Waals surface area contributed by atoms with E-state index >= 15 is 0 Å². The number of rotatable bonds is 4. The van der Waals surface area contributed by atoms with E-state index in [1.165, 1.54) is 5.56 Å². The van der Waals surface area contributed by atoms with E-state index in [-0.39, 0.29) is 0 Å². The molecule has 2 rings (SSSR count). The standard InChI is InChI=1S/C13H17N3/c1-11-15-7-8-16(11)10-13(9-14)12-5-3-2-4-6-12/h2-8,13H,9-10,14H2,1H3. The summed E-state index contributed by atoms with van der Waals surface area (Å²) in [6.45, 7) is 3.56. The molecule has 3 heteroatoms. The zero-order valence-corrected chi connectivity index (χ0v) is 9.50. The van der Waals surface area contributed by atoms with Crippen molar-refractivity contribution in [1.82, 2.24) is 9.55 Å². The second-order valence-electron chi connectivity index (χ2n) is 3.97. The molecule has 1 atom stereocenters. The van der Waals surface area contributed by atoms with Gasteiger partial charge in [-0.3, -0.25) is 0 Å². The molecule has 2 N–H and O–H groups in total. The fourth-order valence-electron chi connectivity index (χ4n) is 1.88. The minimum Gasteiger partial charge on any atom is -0.335 e. The summed E-state index contributed by atoms with van der Waals surface area (Å²) in [5, 5.41) is 0. The van der Waals surface area contributed by atoms with Crippen LogP contribution in [-0.2, 0) is 6.54 Å². The van der Waals surface area contributed by atoms with E-state index in [0.717, 1.165) is 12.4 Å². The van der Waals surface area contributed by atoms with Crippen molar-refractivity contribution in [1.29, 1.82) is 0 Å². The lowest BCUT2D eigenvalue weighted by molar-refractivity contribution is 0.556. The molecule has 0 aliphatic heterocycles. The van der Waals surface area contributed by atoms with Gasteiger partial charge in [0.1, 0.15) is 5.82 Å². The third-order valence-electron chi connectivity index (χ3n) is 2.90. The molecule has 84 valence electrons. The van der Waals surface area contributed by atoms with Crippen LogP contribution in [-0.4, -0.2) is 16.1 Å². The highest BCUT2D eigenvalue weighted by atomic mass is 15.1. The summed E-state index contributed by atoms with van der Waals surface area (Å²) in [7, 11) is 0. The Hall–Kier alpha value is -1.61. The van der Waals surface area contributed by atoms with Gasteiger partial charge in [0, 0.05) is 31.4 Å². The molecule has 16 heavy (non-hydrogen) atoms. The maximum Gasteiger partial charge on any atom is 0.105 e. The van der Waals surface area contributed by atoms with Crippen molar-refractivity contribution in [3.8, 4) is 0 Å². The van der Waals surface area contributed by atoms with Crippen LogP contribution < -0.4 is 5.73 Å². The van der Waals surface area contributed by atoms with Crippen molar-refractivity contribution in [2.75, 3.05) is 6.54 Å². The van der Waals surface area contributed by atoms with E-state index < -0.39 is 0 Å². The van der Waals surface area contributed by atoms with E-state index in [9.17, 15) is 0 Å². The number of imidazole rings is 1. The fourth-order valence-corrected chi connectivity index (χ4v) is 1.88. The molecule has 1 aromatic heterocycles. The average Bonchev–Trinajstić information content (AvgIpc) is 2.73. The van der Waals surface area contributed by atoms with E-state index in [0.29, 0.717) is 12.5 Å². The zero-order chi connectivity index (χ0) is 11.4. The summed E-state index contributed by atoms with van der Waals surface area (Å²) in [6.07, 6.45) is 3.83. The van der Waals surface area contributed by atoms with Gasteiger partial charge in [-0.1, -0.05) is 30.3 Å². The largest absolute Gasteiger partial charge is 0.335 e. The van der Waals surface area contributed by atoms with Gasteiger partial charge in [0.05, 0.1) is 0 Å². The summed E-state index contributed by atoms with van der Waals surface area (Å²) >= 11 is 0. The predicted octanol–water partition coefficient (Wildman–Crippen LogP) is 1.93. The van der Waals surface area contributed by atoms with Crippen LogP contribution in [0.4, 0.5) is 0 Å². The van der Waals surface area contributed by atoms with E-state index in [2.05, 4.69) is 33.8 Å². The Bertz CT molecular complexity index is 433. The molecule has 0 fully saturated rings. The summed E-state index contributed by atoms with van der Waals surface area (Å²) in [4.78, 5) is 4.22. The Kier molecular flexibility index (Phi) is 3.37. The Balaban J connectivity index is 2.16. The number of aromatic nitrogens is 2. The van der Waals surface area contributed by atoms with Gasteiger partial charge in [-0.05, 0) is 12.5 Å². The molecule has 0 saturated heterocycles. The minimum atomic E-state index is 0.356. The number of hydrogen-bond donors (Lipinski definition) is 1. The Morgan fingerprint density at radius 3 is 2.62 bits per heavy atom. The van der Waals surface area contributed by atoms with Crippen LogP contribution in [0.1, 0.15) is 17.3 Å². The van der Waals surface area contributed by atoms with Gasteiger partial charge in [0.15, 0.2) is 0 Å². The summed E-state index contributed by atoms with van der Waals surface area (Å²) in [5.74, 6) is 1.39. The molecular formula is C13H17N3. The number of aryl methyl sites for hydroxylation is 1. The van der Waals surface area contributed by atoms with Gasteiger partial charge in [-0.25, -0.2) is 4.98 Å². The van der Waals surface area contributed by atoms with Crippen LogP contribution in [0, 0.1) is 6.92 Å². The molecule has 0 radical (unpaired) electrons. The second kappa shape index (κ2) is 4.94. The monoisotopic (exact) mass is 215 g/mol. The van der Waals surface area contributed by atoms with Gasteiger partial charge in [-0.15, -0.1) is 0 Å². The molecule has 0 saturated carbocycles. The minimum absolute atomic E-state index is 0.356. The van der Waals surface area contributed by atoms with Gasteiger partial charge in [0.2, 0.25) is 0 Å². The van der Waals surface area contributed by atoms with Crippen LogP contribution in [0.15, 0.2) is 42.7 Å². The molecule has 0 spiro atoms. The number of hydrogen-bond acceptors (Lipinski definition) is 2. The lowest BCUT2D eigenvalue weighted by Crippen LogP contribution is -2.18. The van der Waals surface area contributed by atoms with Crippen LogP contribution in [0.3, 0.4) is 0 Å². The number of nitrogens with two attached hydrogens (primary N) is 1. The molecule has 1 aromatic carbocycles. The quantitative estimate of drug-likeness (QED) is 0.847. The zero-order valence-electron chi connectivity index (χ0n) is 9.50. The van der Waals surface area contributed by atoms with E-state index in [4.69, 9.17) is 5.73 Å². The molecule has 0 amide bonds. The summed E-state index contributed by atoms with van der Waals surface area (Å²) < 4.78 is 2.14. The van der Waals surface area contributed by atoms with Crippen molar-refractivity contribution in [2.24, 2.45) is 5.73 Å². The first-order valence-corrected chi connectivity index (χ1v) is 5.54. The fraction of sp³-hybridized carbons (Fsp3) is 0.308. The second-order valence-corrected chi connectivity index (χ2v) is 3.97. The molecule has 2 aromatic rings. The van der Waals surface area contributed by atoms with E-state index in [1.807, 2.05) is 25.4 Å². The Morgan fingerprint density at radius 2 is 2.06 bits per heavy atom. The van der Waals surface area contributed by atoms with Crippen LogP contribution in [0.5, 0.6) is 0 Å². The molecule has 3 nitrogen and oxygen atoms in total. The molecule has 0 bridgehead atoms. The Labute approximate surface area is 95.9 Å². The van der Waals surface area contributed by atoms with Crippen molar-refractivity contribution in [3.05, 3.63) is 54.1 Å². The van der Waals surface area contributed by atoms with Crippen LogP contribution in [0.25, 0.3) is 0 Å². The smallest absolute Gasteiger partial charge is 0.105 e. The first-order chi connectivity index (χ1) is 7.81. The van der Waals surface area contributed by atoms with Crippen LogP contribution >= 0.6 is 0 Å². The maximum atomic E-state index is 5.84. The topological polar surface area (TPSA) is 43.8 Å². The molecule has 0 aliphatic carbocycles. The molecule has 0 aliphatic rings. The van der Waals surface area contributed by atoms with E-state index in [1.54, 1.807) is 0 Å². The van der Waals surface area contributed by atoms with Gasteiger partial charge >= 0.3 is 0 Å². The average molecular weight is 215 g/mol. The van der Waals surface area contributed by atoms with Crippen molar-refractivity contribution in [3.63, 3.8) is 0 Å². The SMILES string of the molecule is Cc1nccn1CC(CN)c1ccccc1. The highest BCUT2D eigenvalue weighted by Crippen LogP contribution is 2.16. The highest BCUT2D eigenvalue weighted by Gasteiger charge is 2.10. The van der Waals surface area contributed by atoms with Crippen LogP contribution in [0.2, 0.25) is 0 Å². The first kappa shape index (κ1) is 10.9. The third-order valence-corrected chi connectivity index (χ3v) is 2.90. The first-order valence-electron chi connectivity index (χ1n) is 5.54. The Morgan fingerprint density at radius 1 is 1.31 bits per heavy atom. The van der Waals surface area contributed by atoms with Gasteiger partial charge < -0.3 is 10.3 Å². The summed E-state index contributed by atoms with van der Waals surface area (Å²) in [5.41, 5.74) is 7.13. The van der Waals surface area contributed by atoms with Gasteiger partial charge in [-0.2, -0.15) is 0 Å². The normalized spacial score (nSPS) is 12.6. The number of benzene rings is 1. The lowest BCUT2D eigenvalue weighted by atomic mass is 9.99. The van der Waals surface area contributed by atoms with Gasteiger partial charge in [0.25, 0.3) is 0 Å². The van der Waals surface area contributed by atoms with Crippen molar-refractivity contribution < 1.29 is 0 Å². The molecule has 1 unspecified atom stereocenters. The maximum absolute atomic E-state index is 5.84. The lowest BCUT2D eigenvalue weighted by Gasteiger charge is -2.16. The third kappa shape index (κ3) is 2.31. The predicted molar refractivity (Wildman–Crippen MR) is 65.2 cm³/mol. The molecule has 1 heterocycles. The van der Waals surface area contributed by atoms with Crippen molar-refractivity contribution >= 4 is 0 Å². The number of nitrogens with zero attached hydrogens (tertiary/aromatic N) is 2. The van der Waals surface area contributed by atoms with Crippen molar-refractivity contribution in [2.45, 2.75) is 19.4 Å². The summed E-state index contributed by atoms with van der Waals surface area (Å²) in [6, 6.07) is 10.4.